The van der Waals surface area contributed by atoms with E-state index < -0.39 is 5.97 Å². The molecule has 0 saturated heterocycles. The maximum Gasteiger partial charge on any atom is 0.335 e. The summed E-state index contributed by atoms with van der Waals surface area (Å²) in [5.41, 5.74) is 0.299. The number of carbonyl (C=O) groups is 1. The number of aromatic carboxylic acids is 1. The van der Waals surface area contributed by atoms with Crippen LogP contribution in [0.5, 0.6) is 0 Å². The SMILES string of the molecule is CCCCCCCCCC(O)CSc1ccc(C(=O)O)cc1. The summed E-state index contributed by atoms with van der Waals surface area (Å²) in [6.45, 7) is 2.23. The summed E-state index contributed by atoms with van der Waals surface area (Å²) >= 11 is 1.58. The molecular formula is C18H28O3S. The summed E-state index contributed by atoms with van der Waals surface area (Å²) < 4.78 is 0. The zero-order valence-corrected chi connectivity index (χ0v) is 14.3. The first-order chi connectivity index (χ1) is 10.6. The first kappa shape index (κ1) is 19.0. The van der Waals surface area contributed by atoms with Gasteiger partial charge in [0.1, 0.15) is 0 Å². The standard InChI is InChI=1S/C18H28O3S/c1-2-3-4-5-6-7-8-9-16(19)14-22-17-12-10-15(11-13-17)18(20)21/h10-13,16,19H,2-9,14H2,1H3,(H,20,21). The van der Waals surface area contributed by atoms with Crippen LogP contribution in [0.3, 0.4) is 0 Å². The van der Waals surface area contributed by atoms with E-state index in [0.29, 0.717) is 11.3 Å². The minimum Gasteiger partial charge on any atom is -0.478 e. The van der Waals surface area contributed by atoms with Crippen LogP contribution < -0.4 is 0 Å². The maximum atomic E-state index is 10.8. The zero-order valence-electron chi connectivity index (χ0n) is 13.5. The number of unbranched alkanes of at least 4 members (excludes halogenated alkanes) is 6. The normalized spacial score (nSPS) is 12.3. The molecule has 1 aromatic carbocycles. The summed E-state index contributed by atoms with van der Waals surface area (Å²) in [6, 6.07) is 6.81. The maximum absolute atomic E-state index is 10.8. The van der Waals surface area contributed by atoms with Crippen LogP contribution in [-0.2, 0) is 0 Å². The van der Waals surface area contributed by atoms with Gasteiger partial charge in [-0.25, -0.2) is 4.79 Å². The Balaban J connectivity index is 2.10. The van der Waals surface area contributed by atoms with E-state index in [2.05, 4.69) is 6.92 Å². The van der Waals surface area contributed by atoms with Gasteiger partial charge in [0.2, 0.25) is 0 Å². The minimum atomic E-state index is -0.907. The van der Waals surface area contributed by atoms with E-state index in [1.165, 1.54) is 38.5 Å². The van der Waals surface area contributed by atoms with E-state index in [1.54, 1.807) is 36.0 Å². The lowest BCUT2D eigenvalue weighted by molar-refractivity contribution is 0.0697. The predicted molar refractivity (Wildman–Crippen MR) is 92.7 cm³/mol. The van der Waals surface area contributed by atoms with Crippen molar-refractivity contribution in [3.05, 3.63) is 29.8 Å². The molecule has 22 heavy (non-hydrogen) atoms. The molecule has 0 saturated carbocycles. The molecular weight excluding hydrogens is 296 g/mol. The lowest BCUT2D eigenvalue weighted by Gasteiger charge is -2.10. The molecule has 2 N–H and O–H groups in total. The second-order valence-corrected chi connectivity index (χ2v) is 6.80. The van der Waals surface area contributed by atoms with Gasteiger partial charge in [-0.3, -0.25) is 0 Å². The zero-order chi connectivity index (χ0) is 16.2. The fourth-order valence-electron chi connectivity index (χ4n) is 2.31. The highest BCUT2D eigenvalue weighted by molar-refractivity contribution is 7.99. The van der Waals surface area contributed by atoms with Crippen molar-refractivity contribution < 1.29 is 15.0 Å². The van der Waals surface area contributed by atoms with Crippen molar-refractivity contribution in [2.75, 3.05) is 5.75 Å². The Hall–Kier alpha value is -1.00. The highest BCUT2D eigenvalue weighted by Gasteiger charge is 2.06. The predicted octanol–water partition coefficient (Wildman–Crippen LogP) is 4.98. The second-order valence-electron chi connectivity index (χ2n) is 5.70. The molecule has 3 nitrogen and oxygen atoms in total. The largest absolute Gasteiger partial charge is 0.478 e. The molecule has 0 heterocycles. The number of thioether (sulfide) groups is 1. The molecule has 0 aromatic heterocycles. The second kappa shape index (κ2) is 11.6. The Labute approximate surface area is 138 Å². The molecule has 0 spiro atoms. The fraction of sp³-hybridized carbons (Fsp3) is 0.611. The van der Waals surface area contributed by atoms with Gasteiger partial charge < -0.3 is 10.2 Å². The monoisotopic (exact) mass is 324 g/mol. The van der Waals surface area contributed by atoms with Gasteiger partial charge in [-0.15, -0.1) is 11.8 Å². The van der Waals surface area contributed by atoms with E-state index in [-0.39, 0.29) is 6.10 Å². The third-order valence-electron chi connectivity index (χ3n) is 3.68. The molecule has 0 fully saturated rings. The number of hydrogen-bond donors (Lipinski definition) is 2. The van der Waals surface area contributed by atoms with E-state index in [9.17, 15) is 9.90 Å². The Morgan fingerprint density at radius 2 is 1.64 bits per heavy atom. The van der Waals surface area contributed by atoms with Crippen LogP contribution in [0.15, 0.2) is 29.2 Å². The van der Waals surface area contributed by atoms with Crippen molar-refractivity contribution in [3.63, 3.8) is 0 Å². The first-order valence-electron chi connectivity index (χ1n) is 8.27. The third-order valence-corrected chi connectivity index (χ3v) is 4.84. The summed E-state index contributed by atoms with van der Waals surface area (Å²) in [7, 11) is 0. The Morgan fingerprint density at radius 1 is 1.05 bits per heavy atom. The van der Waals surface area contributed by atoms with E-state index in [1.807, 2.05) is 0 Å². The fourth-order valence-corrected chi connectivity index (χ4v) is 3.19. The van der Waals surface area contributed by atoms with Crippen LogP contribution >= 0.6 is 11.8 Å². The van der Waals surface area contributed by atoms with Crippen LogP contribution in [0, 0.1) is 0 Å². The van der Waals surface area contributed by atoms with Crippen LogP contribution in [0.1, 0.15) is 68.6 Å². The first-order valence-corrected chi connectivity index (χ1v) is 9.26. The number of carboxylic acid groups (broad SMARTS) is 1. The molecule has 0 radical (unpaired) electrons. The van der Waals surface area contributed by atoms with Crippen molar-refractivity contribution in [1.82, 2.24) is 0 Å². The average molecular weight is 324 g/mol. The number of hydrogen-bond acceptors (Lipinski definition) is 3. The quantitative estimate of drug-likeness (QED) is 0.420. The number of aliphatic hydroxyl groups is 1. The van der Waals surface area contributed by atoms with Crippen molar-refractivity contribution in [2.45, 2.75) is 69.3 Å². The summed E-state index contributed by atoms with van der Waals surface area (Å²) in [5, 5.41) is 18.8. The molecule has 1 unspecified atom stereocenters. The van der Waals surface area contributed by atoms with Crippen molar-refractivity contribution >= 4 is 17.7 Å². The Morgan fingerprint density at radius 3 is 2.23 bits per heavy atom. The highest BCUT2D eigenvalue weighted by atomic mass is 32.2. The van der Waals surface area contributed by atoms with Crippen molar-refractivity contribution in [3.8, 4) is 0 Å². The summed E-state index contributed by atoms with van der Waals surface area (Å²) in [5.74, 6) is -0.238. The van der Waals surface area contributed by atoms with Gasteiger partial charge in [0.25, 0.3) is 0 Å². The minimum absolute atomic E-state index is 0.278. The van der Waals surface area contributed by atoms with Gasteiger partial charge in [0.15, 0.2) is 0 Å². The number of carboxylic acids is 1. The Kier molecular flexibility index (Phi) is 10.0. The Bertz CT molecular complexity index is 417. The molecule has 0 aliphatic heterocycles. The van der Waals surface area contributed by atoms with E-state index in [0.717, 1.165) is 17.7 Å². The molecule has 0 aliphatic carbocycles. The van der Waals surface area contributed by atoms with Crippen molar-refractivity contribution in [2.24, 2.45) is 0 Å². The third kappa shape index (κ3) is 8.44. The lowest BCUT2D eigenvalue weighted by atomic mass is 10.1. The van der Waals surface area contributed by atoms with Crippen LogP contribution in [0.4, 0.5) is 0 Å². The summed E-state index contributed by atoms with van der Waals surface area (Å²) in [4.78, 5) is 11.8. The van der Waals surface area contributed by atoms with Gasteiger partial charge in [0.05, 0.1) is 11.7 Å². The molecule has 1 rings (SSSR count). The topological polar surface area (TPSA) is 57.5 Å². The van der Waals surface area contributed by atoms with Crippen LogP contribution in [-0.4, -0.2) is 28.0 Å². The van der Waals surface area contributed by atoms with Gasteiger partial charge >= 0.3 is 5.97 Å². The van der Waals surface area contributed by atoms with E-state index >= 15 is 0 Å². The molecule has 0 bridgehead atoms. The van der Waals surface area contributed by atoms with E-state index in [4.69, 9.17) is 5.11 Å². The van der Waals surface area contributed by atoms with Gasteiger partial charge in [0, 0.05) is 10.6 Å². The molecule has 124 valence electrons. The molecule has 4 heteroatoms. The smallest absolute Gasteiger partial charge is 0.335 e. The summed E-state index contributed by atoms with van der Waals surface area (Å²) in [6.07, 6.45) is 9.41. The average Bonchev–Trinajstić information content (AvgIpc) is 2.52. The number of benzene rings is 1. The molecule has 1 atom stereocenters. The highest BCUT2D eigenvalue weighted by Crippen LogP contribution is 2.21. The van der Waals surface area contributed by atoms with Gasteiger partial charge in [-0.1, -0.05) is 51.9 Å². The van der Waals surface area contributed by atoms with Gasteiger partial charge in [-0.2, -0.15) is 0 Å². The molecule has 0 aliphatic rings. The lowest BCUT2D eigenvalue weighted by Crippen LogP contribution is -2.09. The molecule has 0 amide bonds. The number of aliphatic hydroxyl groups excluding tert-OH is 1. The van der Waals surface area contributed by atoms with Crippen molar-refractivity contribution in [1.29, 1.82) is 0 Å². The number of rotatable bonds is 12. The van der Waals surface area contributed by atoms with Crippen LogP contribution in [0.2, 0.25) is 0 Å². The van der Waals surface area contributed by atoms with Gasteiger partial charge in [-0.05, 0) is 30.7 Å². The van der Waals surface area contributed by atoms with Crippen LogP contribution in [0.25, 0.3) is 0 Å². The molecule has 1 aromatic rings.